The summed E-state index contributed by atoms with van der Waals surface area (Å²) in [5.41, 5.74) is 1.76. The van der Waals surface area contributed by atoms with E-state index in [0.717, 1.165) is 11.1 Å². The lowest BCUT2D eigenvalue weighted by Gasteiger charge is -1.85. The second kappa shape index (κ2) is 6.55. The smallest absolute Gasteiger partial charge is 0.303 e. The summed E-state index contributed by atoms with van der Waals surface area (Å²) >= 11 is 4.79. The molecule has 0 aliphatic carbocycles. The molecule has 7 heteroatoms. The fourth-order valence-corrected chi connectivity index (χ4v) is 1.31. The number of fused-ring (bicyclic) bond motifs is 1. The predicted octanol–water partition coefficient (Wildman–Crippen LogP) is 2.43. The first kappa shape index (κ1) is 13.9. The summed E-state index contributed by atoms with van der Waals surface area (Å²) in [7, 11) is 0. The molecule has 0 aliphatic rings. The summed E-state index contributed by atoms with van der Waals surface area (Å²) in [5.74, 6) is -2.15. The Morgan fingerprint density at radius 1 is 1.17 bits per heavy atom. The molecule has 2 aromatic rings. The fraction of sp³-hybridized carbons (Fsp3) is 0.182. The number of carboxylic acids is 2. The van der Waals surface area contributed by atoms with Gasteiger partial charge >= 0.3 is 11.9 Å². The number of aliphatic carboxylic acids is 2. The minimum Gasteiger partial charge on any atom is -0.481 e. The van der Waals surface area contributed by atoms with Crippen LogP contribution in [-0.2, 0) is 9.59 Å². The summed E-state index contributed by atoms with van der Waals surface area (Å²) < 4.78 is 5.13. The highest BCUT2D eigenvalue weighted by Gasteiger charge is 2.00. The van der Waals surface area contributed by atoms with Crippen LogP contribution in [0.5, 0.6) is 0 Å². The minimum atomic E-state index is -1.08. The van der Waals surface area contributed by atoms with Crippen molar-refractivity contribution in [3.63, 3.8) is 0 Å². The van der Waals surface area contributed by atoms with Gasteiger partial charge in [-0.15, -0.1) is 0 Å². The van der Waals surface area contributed by atoms with Crippen molar-refractivity contribution in [1.82, 2.24) is 4.98 Å². The topological polar surface area (TPSA) is 104 Å². The van der Waals surface area contributed by atoms with Crippen LogP contribution < -0.4 is 0 Å². The molecule has 0 saturated carbocycles. The van der Waals surface area contributed by atoms with Gasteiger partial charge < -0.3 is 19.6 Å². The van der Waals surface area contributed by atoms with Gasteiger partial charge in [0.2, 0.25) is 0 Å². The monoisotopic (exact) mass is 269 g/mol. The first-order valence-corrected chi connectivity index (χ1v) is 5.41. The third-order valence-corrected chi connectivity index (χ3v) is 2.06. The van der Waals surface area contributed by atoms with Gasteiger partial charge in [0.15, 0.2) is 5.58 Å². The van der Waals surface area contributed by atoms with E-state index < -0.39 is 11.9 Å². The SMILES string of the molecule is O=C(O)CCC(=O)O.S=c1[nH]c2ccccc2o1. The molecule has 1 heterocycles. The van der Waals surface area contributed by atoms with E-state index >= 15 is 0 Å². The largest absolute Gasteiger partial charge is 0.481 e. The minimum absolute atomic E-state index is 0.296. The quantitative estimate of drug-likeness (QED) is 0.739. The van der Waals surface area contributed by atoms with Crippen molar-refractivity contribution < 1.29 is 24.2 Å². The number of hydrogen-bond donors (Lipinski definition) is 3. The highest BCUT2D eigenvalue weighted by atomic mass is 32.1. The normalized spacial score (nSPS) is 9.56. The molecular formula is C11H11NO5S. The number of aromatic nitrogens is 1. The molecule has 0 aliphatic heterocycles. The van der Waals surface area contributed by atoms with Crippen LogP contribution in [0.4, 0.5) is 0 Å². The number of H-pyrrole nitrogens is 1. The zero-order valence-electron chi connectivity index (χ0n) is 9.25. The maximum atomic E-state index is 9.64. The molecule has 0 radical (unpaired) electrons. The number of aromatic amines is 1. The molecule has 1 aromatic heterocycles. The van der Waals surface area contributed by atoms with Crippen molar-refractivity contribution in [3.8, 4) is 0 Å². The maximum absolute atomic E-state index is 9.64. The number of oxazole rings is 1. The molecule has 96 valence electrons. The molecule has 3 N–H and O–H groups in total. The van der Waals surface area contributed by atoms with Gasteiger partial charge in [0.25, 0.3) is 4.84 Å². The van der Waals surface area contributed by atoms with E-state index in [1.807, 2.05) is 24.3 Å². The molecule has 18 heavy (non-hydrogen) atoms. The summed E-state index contributed by atoms with van der Waals surface area (Å²) in [6.07, 6.45) is -0.593. The fourth-order valence-electron chi connectivity index (χ4n) is 1.11. The number of carboxylic acid groups (broad SMARTS) is 2. The highest BCUT2D eigenvalue weighted by molar-refractivity contribution is 7.71. The van der Waals surface area contributed by atoms with E-state index in [1.165, 1.54) is 0 Å². The molecule has 0 atom stereocenters. The van der Waals surface area contributed by atoms with Crippen LogP contribution >= 0.6 is 12.2 Å². The van der Waals surface area contributed by atoms with Crippen LogP contribution in [0.3, 0.4) is 0 Å². The summed E-state index contributed by atoms with van der Waals surface area (Å²) in [6, 6.07) is 7.65. The Bertz CT molecular complexity index is 550. The molecule has 0 amide bonds. The van der Waals surface area contributed by atoms with Crippen molar-refractivity contribution >= 4 is 35.3 Å². The van der Waals surface area contributed by atoms with Crippen molar-refractivity contribution in [1.29, 1.82) is 0 Å². The van der Waals surface area contributed by atoms with Gasteiger partial charge in [-0.05, 0) is 24.4 Å². The van der Waals surface area contributed by atoms with Crippen LogP contribution in [0.2, 0.25) is 0 Å². The van der Waals surface area contributed by atoms with E-state index in [1.54, 1.807) is 0 Å². The second-order valence-electron chi connectivity index (χ2n) is 3.30. The molecular weight excluding hydrogens is 258 g/mol. The number of para-hydroxylation sites is 2. The number of benzene rings is 1. The Labute approximate surface area is 107 Å². The Morgan fingerprint density at radius 3 is 2.22 bits per heavy atom. The van der Waals surface area contributed by atoms with Crippen molar-refractivity contribution in [2.24, 2.45) is 0 Å². The number of carbonyl (C=O) groups is 2. The lowest BCUT2D eigenvalue weighted by Crippen LogP contribution is -2.00. The Morgan fingerprint density at radius 2 is 1.72 bits per heavy atom. The van der Waals surface area contributed by atoms with E-state index in [-0.39, 0.29) is 12.8 Å². The van der Waals surface area contributed by atoms with Gasteiger partial charge in [0.1, 0.15) is 0 Å². The van der Waals surface area contributed by atoms with Crippen molar-refractivity contribution in [2.75, 3.05) is 0 Å². The van der Waals surface area contributed by atoms with Gasteiger partial charge in [0.05, 0.1) is 18.4 Å². The van der Waals surface area contributed by atoms with Crippen LogP contribution in [0.1, 0.15) is 12.8 Å². The molecule has 0 unspecified atom stereocenters. The van der Waals surface area contributed by atoms with Crippen LogP contribution in [0.15, 0.2) is 28.7 Å². The molecule has 1 aromatic carbocycles. The lowest BCUT2D eigenvalue weighted by atomic mass is 10.3. The van der Waals surface area contributed by atoms with Crippen LogP contribution in [-0.4, -0.2) is 27.1 Å². The van der Waals surface area contributed by atoms with E-state index in [4.69, 9.17) is 26.8 Å². The van der Waals surface area contributed by atoms with Crippen LogP contribution in [0, 0.1) is 4.84 Å². The Kier molecular flexibility index (Phi) is 5.06. The molecule has 0 saturated heterocycles. The van der Waals surface area contributed by atoms with E-state index in [9.17, 15) is 9.59 Å². The first-order valence-electron chi connectivity index (χ1n) is 5.00. The average Bonchev–Trinajstić information content (AvgIpc) is 2.67. The van der Waals surface area contributed by atoms with Gasteiger partial charge in [-0.25, -0.2) is 0 Å². The third-order valence-electron chi connectivity index (χ3n) is 1.88. The van der Waals surface area contributed by atoms with Crippen molar-refractivity contribution in [3.05, 3.63) is 29.1 Å². The first-order chi connectivity index (χ1) is 8.49. The van der Waals surface area contributed by atoms with E-state index in [2.05, 4.69) is 4.98 Å². The van der Waals surface area contributed by atoms with E-state index in [0.29, 0.717) is 4.84 Å². The van der Waals surface area contributed by atoms with Gasteiger partial charge in [-0.3, -0.25) is 9.59 Å². The standard InChI is InChI=1S/C7H5NOS.C4H6O4/c10-7-8-5-3-1-2-4-6(5)9-7;5-3(6)1-2-4(7)8/h1-4H,(H,8,10);1-2H2,(H,5,6)(H,7,8). The lowest BCUT2D eigenvalue weighted by molar-refractivity contribution is -0.143. The Hall–Kier alpha value is -2.15. The Balaban J connectivity index is 0.000000187. The molecule has 2 rings (SSSR count). The number of hydrogen-bond acceptors (Lipinski definition) is 4. The summed E-state index contributed by atoms with van der Waals surface area (Å²) in [4.78, 5) is 22.6. The predicted molar refractivity (Wildman–Crippen MR) is 65.9 cm³/mol. The van der Waals surface area contributed by atoms with Gasteiger partial charge in [-0.2, -0.15) is 0 Å². The summed E-state index contributed by atoms with van der Waals surface area (Å²) in [5, 5.41) is 15.8. The molecule has 6 nitrogen and oxygen atoms in total. The highest BCUT2D eigenvalue weighted by Crippen LogP contribution is 2.10. The second-order valence-corrected chi connectivity index (χ2v) is 3.67. The zero-order chi connectivity index (χ0) is 13.5. The van der Waals surface area contributed by atoms with Gasteiger partial charge in [-0.1, -0.05) is 12.1 Å². The maximum Gasteiger partial charge on any atom is 0.303 e. The molecule has 0 spiro atoms. The summed E-state index contributed by atoms with van der Waals surface area (Å²) in [6.45, 7) is 0. The zero-order valence-corrected chi connectivity index (χ0v) is 10.1. The van der Waals surface area contributed by atoms with Crippen LogP contribution in [0.25, 0.3) is 11.1 Å². The number of rotatable bonds is 3. The van der Waals surface area contributed by atoms with Gasteiger partial charge in [0, 0.05) is 0 Å². The molecule has 0 bridgehead atoms. The van der Waals surface area contributed by atoms with Crippen molar-refractivity contribution in [2.45, 2.75) is 12.8 Å². The average molecular weight is 269 g/mol. The molecule has 0 fully saturated rings. The third kappa shape index (κ3) is 4.79. The number of nitrogens with one attached hydrogen (secondary N) is 1.